The van der Waals surface area contributed by atoms with Crippen LogP contribution in [0.3, 0.4) is 0 Å². The van der Waals surface area contributed by atoms with Gasteiger partial charge in [-0.2, -0.15) is 0 Å². The molecule has 1 unspecified atom stereocenters. The van der Waals surface area contributed by atoms with Gasteiger partial charge in [0.2, 0.25) is 0 Å². The summed E-state index contributed by atoms with van der Waals surface area (Å²) in [6.45, 7) is 0. The second kappa shape index (κ2) is 4.59. The van der Waals surface area contributed by atoms with Crippen LogP contribution in [0.2, 0.25) is 0 Å². The fraction of sp³-hybridized carbons (Fsp3) is 0.333. The van der Waals surface area contributed by atoms with Crippen molar-refractivity contribution in [3.05, 3.63) is 34.1 Å². The zero-order valence-electron chi connectivity index (χ0n) is 7.94. The number of hydrogen-bond acceptors (Lipinski definition) is 3. The average Bonchev–Trinajstić information content (AvgIpc) is 2.06. The fourth-order valence-corrected chi connectivity index (χ4v) is 2.29. The van der Waals surface area contributed by atoms with Crippen LogP contribution in [0.25, 0.3) is 0 Å². The summed E-state index contributed by atoms with van der Waals surface area (Å²) >= 11 is 2.96. The highest BCUT2D eigenvalue weighted by molar-refractivity contribution is 9.10. The summed E-state index contributed by atoms with van der Waals surface area (Å²) in [5.74, 6) is -1.12. The molecule has 0 spiro atoms. The first kappa shape index (κ1) is 12.6. The molecule has 1 atom stereocenters. The highest BCUT2D eigenvalue weighted by Gasteiger charge is 2.18. The number of rotatable bonds is 3. The Bertz CT molecular complexity index is 458. The summed E-state index contributed by atoms with van der Waals surface area (Å²) < 4.78 is 35.5. The molecule has 0 bridgehead atoms. The zero-order chi connectivity index (χ0) is 11.6. The molecular formula is C9H10BrFO3S. The molecule has 0 heterocycles. The Hall–Kier alpha value is -0.460. The molecule has 0 aromatic heterocycles. The van der Waals surface area contributed by atoms with Crippen molar-refractivity contribution in [2.24, 2.45) is 0 Å². The van der Waals surface area contributed by atoms with E-state index in [1.54, 1.807) is 0 Å². The van der Waals surface area contributed by atoms with Gasteiger partial charge in [-0.05, 0) is 22.0 Å². The Morgan fingerprint density at radius 3 is 2.67 bits per heavy atom. The fourth-order valence-electron chi connectivity index (χ4n) is 1.15. The molecule has 0 aliphatic rings. The van der Waals surface area contributed by atoms with Gasteiger partial charge in [-0.25, -0.2) is 12.8 Å². The van der Waals surface area contributed by atoms with Crippen LogP contribution in [-0.2, 0) is 9.84 Å². The van der Waals surface area contributed by atoms with Crippen molar-refractivity contribution in [1.29, 1.82) is 0 Å². The Morgan fingerprint density at radius 1 is 1.53 bits per heavy atom. The van der Waals surface area contributed by atoms with E-state index >= 15 is 0 Å². The number of benzene rings is 1. The van der Waals surface area contributed by atoms with Crippen molar-refractivity contribution in [1.82, 2.24) is 0 Å². The molecule has 1 aromatic carbocycles. The third kappa shape index (κ3) is 3.55. The normalized spacial score (nSPS) is 13.9. The minimum Gasteiger partial charge on any atom is -0.387 e. The van der Waals surface area contributed by atoms with Crippen LogP contribution >= 0.6 is 15.9 Å². The quantitative estimate of drug-likeness (QED) is 0.923. The predicted molar refractivity (Wildman–Crippen MR) is 58.8 cm³/mol. The molecule has 15 heavy (non-hydrogen) atoms. The molecule has 1 N–H and O–H groups in total. The van der Waals surface area contributed by atoms with E-state index in [4.69, 9.17) is 0 Å². The lowest BCUT2D eigenvalue weighted by atomic mass is 10.1. The number of aliphatic hydroxyl groups excluding tert-OH is 1. The van der Waals surface area contributed by atoms with Crippen LogP contribution in [-0.4, -0.2) is 25.5 Å². The van der Waals surface area contributed by atoms with Crippen molar-refractivity contribution in [3.63, 3.8) is 0 Å². The SMILES string of the molecule is CS(=O)(=O)CC(O)c1cccc(Br)c1F. The van der Waals surface area contributed by atoms with Crippen LogP contribution in [0.15, 0.2) is 22.7 Å². The van der Waals surface area contributed by atoms with Crippen molar-refractivity contribution in [3.8, 4) is 0 Å². The first-order chi connectivity index (χ1) is 6.81. The van der Waals surface area contributed by atoms with Gasteiger partial charge in [-0.3, -0.25) is 0 Å². The van der Waals surface area contributed by atoms with Crippen LogP contribution in [0.1, 0.15) is 11.7 Å². The van der Waals surface area contributed by atoms with Gasteiger partial charge in [0.05, 0.1) is 16.3 Å². The van der Waals surface area contributed by atoms with E-state index in [1.807, 2.05) is 0 Å². The first-order valence-corrected chi connectivity index (χ1v) is 6.96. The molecule has 0 aliphatic heterocycles. The van der Waals surface area contributed by atoms with E-state index in [-0.39, 0.29) is 10.0 Å². The number of hydrogen-bond donors (Lipinski definition) is 1. The van der Waals surface area contributed by atoms with Crippen LogP contribution < -0.4 is 0 Å². The maximum Gasteiger partial charge on any atom is 0.150 e. The van der Waals surface area contributed by atoms with Gasteiger partial charge in [-0.1, -0.05) is 12.1 Å². The number of sulfone groups is 1. The second-order valence-corrected chi connectivity index (χ2v) is 6.29. The highest BCUT2D eigenvalue weighted by Crippen LogP contribution is 2.24. The standard InChI is InChI=1S/C9H10BrFO3S/c1-15(13,14)5-8(12)6-3-2-4-7(10)9(6)11/h2-4,8,12H,5H2,1H3. The van der Waals surface area contributed by atoms with E-state index in [2.05, 4.69) is 15.9 Å². The summed E-state index contributed by atoms with van der Waals surface area (Å²) in [6, 6.07) is 4.37. The van der Waals surface area contributed by atoms with Crippen molar-refractivity contribution in [2.45, 2.75) is 6.10 Å². The highest BCUT2D eigenvalue weighted by atomic mass is 79.9. The molecule has 1 aromatic rings. The summed E-state index contributed by atoms with van der Waals surface area (Å²) in [7, 11) is -3.33. The maximum absolute atomic E-state index is 13.4. The minimum atomic E-state index is -3.33. The van der Waals surface area contributed by atoms with E-state index in [9.17, 15) is 17.9 Å². The van der Waals surface area contributed by atoms with Gasteiger partial charge in [0, 0.05) is 11.8 Å². The Balaban J connectivity index is 3.02. The van der Waals surface area contributed by atoms with E-state index in [1.165, 1.54) is 18.2 Å². The molecule has 0 fully saturated rings. The van der Waals surface area contributed by atoms with Gasteiger partial charge in [-0.15, -0.1) is 0 Å². The molecular weight excluding hydrogens is 287 g/mol. The minimum absolute atomic E-state index is 0.0187. The molecule has 0 saturated heterocycles. The lowest BCUT2D eigenvalue weighted by Crippen LogP contribution is -2.14. The smallest absolute Gasteiger partial charge is 0.150 e. The van der Waals surface area contributed by atoms with Crippen molar-refractivity contribution in [2.75, 3.05) is 12.0 Å². The van der Waals surface area contributed by atoms with Gasteiger partial charge in [0.15, 0.2) is 0 Å². The first-order valence-electron chi connectivity index (χ1n) is 4.11. The monoisotopic (exact) mass is 296 g/mol. The van der Waals surface area contributed by atoms with Crippen LogP contribution in [0, 0.1) is 5.82 Å². The van der Waals surface area contributed by atoms with Gasteiger partial charge in [0.1, 0.15) is 15.7 Å². The summed E-state index contributed by atoms with van der Waals surface area (Å²) in [4.78, 5) is 0. The van der Waals surface area contributed by atoms with Gasteiger partial charge >= 0.3 is 0 Å². The summed E-state index contributed by atoms with van der Waals surface area (Å²) in [5.41, 5.74) is -0.0187. The third-order valence-corrected chi connectivity index (χ3v) is 3.33. The molecule has 6 heteroatoms. The number of aliphatic hydroxyl groups is 1. The summed E-state index contributed by atoms with van der Waals surface area (Å²) in [5, 5.41) is 9.52. The zero-order valence-corrected chi connectivity index (χ0v) is 10.3. The van der Waals surface area contributed by atoms with Crippen molar-refractivity contribution >= 4 is 25.8 Å². The second-order valence-electron chi connectivity index (χ2n) is 3.25. The van der Waals surface area contributed by atoms with E-state index in [0.29, 0.717) is 0 Å². The van der Waals surface area contributed by atoms with E-state index < -0.39 is 27.5 Å². The molecule has 84 valence electrons. The third-order valence-electron chi connectivity index (χ3n) is 1.80. The summed E-state index contributed by atoms with van der Waals surface area (Å²) in [6.07, 6.45) is -0.343. The van der Waals surface area contributed by atoms with Crippen molar-refractivity contribution < 1.29 is 17.9 Å². The topological polar surface area (TPSA) is 54.4 Å². The largest absolute Gasteiger partial charge is 0.387 e. The molecule has 1 rings (SSSR count). The maximum atomic E-state index is 13.4. The Labute approximate surface area is 96.0 Å². The lowest BCUT2D eigenvalue weighted by molar-refractivity contribution is 0.196. The Kier molecular flexibility index (Phi) is 3.86. The molecule has 3 nitrogen and oxygen atoms in total. The van der Waals surface area contributed by atoms with Crippen LogP contribution in [0.4, 0.5) is 4.39 Å². The molecule has 0 amide bonds. The Morgan fingerprint density at radius 2 is 2.13 bits per heavy atom. The molecule has 0 radical (unpaired) electrons. The lowest BCUT2D eigenvalue weighted by Gasteiger charge is -2.11. The van der Waals surface area contributed by atoms with Gasteiger partial charge in [0.25, 0.3) is 0 Å². The average molecular weight is 297 g/mol. The molecule has 0 saturated carbocycles. The van der Waals surface area contributed by atoms with Crippen LogP contribution in [0.5, 0.6) is 0 Å². The number of halogens is 2. The predicted octanol–water partition coefficient (Wildman–Crippen LogP) is 1.67. The molecule has 0 aliphatic carbocycles. The van der Waals surface area contributed by atoms with E-state index in [0.717, 1.165) is 6.26 Å². The van der Waals surface area contributed by atoms with Gasteiger partial charge < -0.3 is 5.11 Å².